The van der Waals surface area contributed by atoms with Gasteiger partial charge in [-0.1, -0.05) is 6.07 Å². The molecule has 15 heavy (non-hydrogen) atoms. The second-order valence-corrected chi connectivity index (χ2v) is 3.82. The number of hydrogen-bond donors (Lipinski definition) is 1. The van der Waals surface area contributed by atoms with Crippen LogP contribution in [0.25, 0.3) is 0 Å². The molecule has 0 atom stereocenters. The van der Waals surface area contributed by atoms with Crippen molar-refractivity contribution in [3.05, 3.63) is 35.1 Å². The van der Waals surface area contributed by atoms with Gasteiger partial charge in [-0.3, -0.25) is 0 Å². The molecule has 0 bridgehead atoms. The second kappa shape index (κ2) is 2.95. The number of alkyl halides is 3. The second-order valence-electron chi connectivity index (χ2n) is 3.82. The van der Waals surface area contributed by atoms with Crippen LogP contribution >= 0.6 is 0 Å². The largest absolute Gasteiger partial charge is 0.416 e. The molecule has 0 unspecified atom stereocenters. The van der Waals surface area contributed by atoms with Gasteiger partial charge in [-0.2, -0.15) is 13.2 Å². The van der Waals surface area contributed by atoms with Crippen molar-refractivity contribution in [2.45, 2.75) is 24.6 Å². The highest BCUT2D eigenvalue weighted by molar-refractivity contribution is 5.40. The highest BCUT2D eigenvalue weighted by atomic mass is 19.4. The van der Waals surface area contributed by atoms with Crippen LogP contribution in [-0.4, -0.2) is 0 Å². The van der Waals surface area contributed by atoms with Gasteiger partial charge in [0.2, 0.25) is 0 Å². The molecule has 1 aliphatic rings. The van der Waals surface area contributed by atoms with E-state index in [1.54, 1.807) is 0 Å². The Labute approximate surface area is 83.9 Å². The molecule has 1 aliphatic carbocycles. The summed E-state index contributed by atoms with van der Waals surface area (Å²) >= 11 is 0. The summed E-state index contributed by atoms with van der Waals surface area (Å²) in [5.41, 5.74) is 3.16. The maximum Gasteiger partial charge on any atom is 0.416 e. The van der Waals surface area contributed by atoms with Crippen LogP contribution in [0.5, 0.6) is 0 Å². The van der Waals surface area contributed by atoms with Gasteiger partial charge in [0.05, 0.1) is 5.56 Å². The van der Waals surface area contributed by atoms with E-state index in [1.807, 2.05) is 0 Å². The Morgan fingerprint density at radius 2 is 1.80 bits per heavy atom. The third-order valence-electron chi connectivity index (χ3n) is 2.61. The van der Waals surface area contributed by atoms with E-state index in [4.69, 9.17) is 5.73 Å². The highest BCUT2D eigenvalue weighted by Gasteiger charge is 2.48. The molecule has 2 N–H and O–H groups in total. The van der Waals surface area contributed by atoms with Gasteiger partial charge in [0.1, 0.15) is 5.82 Å². The lowest BCUT2D eigenvalue weighted by atomic mass is 9.98. The van der Waals surface area contributed by atoms with Gasteiger partial charge < -0.3 is 5.73 Å². The molecule has 1 aromatic rings. The monoisotopic (exact) mass is 219 g/mol. The molecular formula is C10H9F4N. The molecule has 0 saturated heterocycles. The number of rotatable bonds is 1. The molecule has 2 rings (SSSR count). The van der Waals surface area contributed by atoms with Crippen LogP contribution in [0.1, 0.15) is 24.0 Å². The predicted molar refractivity (Wildman–Crippen MR) is 46.5 cm³/mol. The van der Waals surface area contributed by atoms with Gasteiger partial charge in [0.15, 0.2) is 0 Å². The number of benzene rings is 1. The Morgan fingerprint density at radius 3 is 2.27 bits per heavy atom. The lowest BCUT2D eigenvalue weighted by Gasteiger charge is -2.17. The molecule has 0 aromatic heterocycles. The Bertz CT molecular complexity index is 393. The molecular weight excluding hydrogens is 210 g/mol. The maximum atomic E-state index is 13.3. The first kappa shape index (κ1) is 10.4. The van der Waals surface area contributed by atoms with E-state index >= 15 is 0 Å². The highest BCUT2D eigenvalue weighted by Crippen LogP contribution is 2.48. The van der Waals surface area contributed by atoms with Crippen LogP contribution in [0.15, 0.2) is 18.2 Å². The van der Waals surface area contributed by atoms with Gasteiger partial charge in [0, 0.05) is 11.1 Å². The summed E-state index contributed by atoms with van der Waals surface area (Å²) in [7, 11) is 0. The van der Waals surface area contributed by atoms with Gasteiger partial charge in [0.25, 0.3) is 0 Å². The van der Waals surface area contributed by atoms with Crippen LogP contribution in [0, 0.1) is 5.82 Å². The molecule has 0 amide bonds. The minimum absolute atomic E-state index is 0.391. The molecule has 1 aromatic carbocycles. The van der Waals surface area contributed by atoms with E-state index in [0.29, 0.717) is 12.8 Å². The van der Waals surface area contributed by atoms with E-state index in [-0.39, 0.29) is 0 Å². The van der Waals surface area contributed by atoms with Gasteiger partial charge in [-0.15, -0.1) is 0 Å². The maximum absolute atomic E-state index is 13.3. The van der Waals surface area contributed by atoms with Crippen LogP contribution < -0.4 is 5.73 Å². The Morgan fingerprint density at radius 1 is 1.20 bits per heavy atom. The van der Waals surface area contributed by atoms with Crippen LogP contribution in [0.4, 0.5) is 17.6 Å². The fourth-order valence-electron chi connectivity index (χ4n) is 1.65. The quantitative estimate of drug-likeness (QED) is 0.722. The van der Waals surface area contributed by atoms with Gasteiger partial charge in [-0.05, 0) is 25.0 Å². The summed E-state index contributed by atoms with van der Waals surface area (Å²) < 4.78 is 51.0. The summed E-state index contributed by atoms with van der Waals surface area (Å²) in [6, 6.07) is 2.93. The molecule has 1 fully saturated rings. The first-order chi connectivity index (χ1) is 6.84. The zero-order valence-corrected chi connectivity index (χ0v) is 7.74. The minimum Gasteiger partial charge on any atom is -0.321 e. The summed E-state index contributed by atoms with van der Waals surface area (Å²) in [6.07, 6.45) is -3.75. The molecule has 5 heteroatoms. The van der Waals surface area contributed by atoms with Gasteiger partial charge >= 0.3 is 6.18 Å². The zero-order valence-electron chi connectivity index (χ0n) is 7.74. The van der Waals surface area contributed by atoms with E-state index < -0.39 is 28.7 Å². The lowest BCUT2D eigenvalue weighted by molar-refractivity contribution is -0.138. The fraction of sp³-hybridized carbons (Fsp3) is 0.400. The SMILES string of the molecule is NC1(c2c(F)cccc2C(F)(F)F)CC1. The first-order valence-electron chi connectivity index (χ1n) is 4.50. The molecule has 1 saturated carbocycles. The molecule has 0 spiro atoms. The third-order valence-corrected chi connectivity index (χ3v) is 2.61. The van der Waals surface area contributed by atoms with Crippen molar-refractivity contribution >= 4 is 0 Å². The molecule has 0 aliphatic heterocycles. The van der Waals surface area contributed by atoms with Crippen molar-refractivity contribution in [3.8, 4) is 0 Å². The van der Waals surface area contributed by atoms with E-state index in [9.17, 15) is 17.6 Å². The van der Waals surface area contributed by atoms with Gasteiger partial charge in [-0.25, -0.2) is 4.39 Å². The molecule has 0 heterocycles. The van der Waals surface area contributed by atoms with Crippen LogP contribution in [0.3, 0.4) is 0 Å². The molecule has 1 nitrogen and oxygen atoms in total. The smallest absolute Gasteiger partial charge is 0.321 e. The number of hydrogen-bond acceptors (Lipinski definition) is 1. The van der Waals surface area contributed by atoms with Crippen molar-refractivity contribution in [1.29, 1.82) is 0 Å². The van der Waals surface area contributed by atoms with Crippen molar-refractivity contribution < 1.29 is 17.6 Å². The summed E-state index contributed by atoms with van der Waals surface area (Å²) in [5, 5.41) is 0. The van der Waals surface area contributed by atoms with E-state index in [1.165, 1.54) is 0 Å². The Kier molecular flexibility index (Phi) is 2.05. The molecule has 0 radical (unpaired) electrons. The predicted octanol–water partition coefficient (Wildman–Crippen LogP) is 2.79. The number of halogens is 4. The first-order valence-corrected chi connectivity index (χ1v) is 4.50. The van der Waals surface area contributed by atoms with E-state index in [0.717, 1.165) is 18.2 Å². The summed E-state index contributed by atoms with van der Waals surface area (Å²) in [4.78, 5) is 0. The summed E-state index contributed by atoms with van der Waals surface area (Å²) in [6.45, 7) is 0. The van der Waals surface area contributed by atoms with Crippen molar-refractivity contribution in [3.63, 3.8) is 0 Å². The minimum atomic E-state index is -4.55. The summed E-state index contributed by atoms with van der Waals surface area (Å²) in [5.74, 6) is -0.871. The standard InChI is InChI=1S/C10H9F4N/c11-7-3-1-2-6(10(12,13)14)8(7)9(15)4-5-9/h1-3H,4-5,15H2. The van der Waals surface area contributed by atoms with Crippen molar-refractivity contribution in [1.82, 2.24) is 0 Å². The lowest BCUT2D eigenvalue weighted by Crippen LogP contribution is -2.25. The van der Waals surface area contributed by atoms with Crippen LogP contribution in [-0.2, 0) is 11.7 Å². The average Bonchev–Trinajstić information content (AvgIpc) is 2.82. The number of nitrogens with two attached hydrogens (primary N) is 1. The average molecular weight is 219 g/mol. The molecule has 82 valence electrons. The fourth-order valence-corrected chi connectivity index (χ4v) is 1.65. The van der Waals surface area contributed by atoms with E-state index in [2.05, 4.69) is 0 Å². The van der Waals surface area contributed by atoms with Crippen molar-refractivity contribution in [2.24, 2.45) is 5.73 Å². The Balaban J connectivity index is 2.60. The third kappa shape index (κ3) is 1.71. The van der Waals surface area contributed by atoms with Crippen LogP contribution in [0.2, 0.25) is 0 Å². The topological polar surface area (TPSA) is 26.0 Å². The normalized spacial score (nSPS) is 19.0. The van der Waals surface area contributed by atoms with Crippen molar-refractivity contribution in [2.75, 3.05) is 0 Å². The zero-order chi connectivity index (χ0) is 11.3. The Hall–Kier alpha value is -1.10.